The number of alkyl halides is 1. The Kier molecular flexibility index (Phi) is 7.48. The number of nitrogens with zero attached hydrogens (tertiary/aromatic N) is 1. The molecule has 0 spiro atoms. The molecule has 1 aliphatic carbocycles. The molecule has 6 heteroatoms. The van der Waals surface area contributed by atoms with E-state index >= 15 is 0 Å². The first-order chi connectivity index (χ1) is 11.5. The topological polar surface area (TPSA) is 46.6 Å². The van der Waals surface area contributed by atoms with Crippen LogP contribution in [0.5, 0.6) is 0 Å². The molecule has 24 heavy (non-hydrogen) atoms. The molecule has 1 aromatic rings. The molecular formula is C18H19BrINO3. The molecule has 1 aliphatic rings. The third kappa shape index (κ3) is 5.17. The highest BCUT2D eigenvalue weighted by Gasteiger charge is 2.32. The first-order valence-electron chi connectivity index (χ1n) is 7.65. The molecule has 0 saturated heterocycles. The highest BCUT2D eigenvalue weighted by Crippen LogP contribution is 2.26. The first-order valence-corrected chi connectivity index (χ1v) is 9.69. The molecule has 0 saturated carbocycles. The van der Waals surface area contributed by atoms with Gasteiger partial charge in [0.05, 0.1) is 17.1 Å². The Morgan fingerprint density at radius 3 is 2.62 bits per heavy atom. The maximum absolute atomic E-state index is 12.4. The molecule has 0 radical (unpaired) electrons. The molecule has 1 aromatic carbocycles. The van der Waals surface area contributed by atoms with Crippen molar-refractivity contribution in [3.8, 4) is 0 Å². The number of ether oxygens (including phenoxy) is 1. The van der Waals surface area contributed by atoms with Gasteiger partial charge in [-0.3, -0.25) is 4.79 Å². The SMILES string of the molecule is COC(=O)C(=O)N(CCCc1ccccc1)C1C=CC(Br)=C[C@@H]1I. The lowest BCUT2D eigenvalue weighted by Crippen LogP contribution is -2.48. The molecule has 128 valence electrons. The Morgan fingerprint density at radius 2 is 2.00 bits per heavy atom. The van der Waals surface area contributed by atoms with Gasteiger partial charge in [0, 0.05) is 11.0 Å². The van der Waals surface area contributed by atoms with Crippen LogP contribution in [0.4, 0.5) is 0 Å². The van der Waals surface area contributed by atoms with Gasteiger partial charge in [0.15, 0.2) is 0 Å². The second-order valence-corrected chi connectivity index (χ2v) is 7.78. The number of hydrogen-bond donors (Lipinski definition) is 0. The van der Waals surface area contributed by atoms with Crippen molar-refractivity contribution >= 4 is 50.4 Å². The molecule has 4 nitrogen and oxygen atoms in total. The molecule has 0 N–H and O–H groups in total. The summed E-state index contributed by atoms with van der Waals surface area (Å²) in [4.78, 5) is 25.8. The summed E-state index contributed by atoms with van der Waals surface area (Å²) < 4.78 is 5.69. The van der Waals surface area contributed by atoms with Gasteiger partial charge in [0.1, 0.15) is 0 Å². The fraction of sp³-hybridized carbons (Fsp3) is 0.333. The molecule has 0 aromatic heterocycles. The number of halogens is 2. The average molecular weight is 504 g/mol. The Hall–Kier alpha value is -1.15. The lowest BCUT2D eigenvalue weighted by atomic mass is 10.0. The Labute approximate surface area is 164 Å². The maximum Gasteiger partial charge on any atom is 0.396 e. The van der Waals surface area contributed by atoms with E-state index in [4.69, 9.17) is 0 Å². The van der Waals surface area contributed by atoms with Crippen LogP contribution >= 0.6 is 38.5 Å². The van der Waals surface area contributed by atoms with Crippen LogP contribution in [-0.4, -0.2) is 40.4 Å². The molecule has 0 heterocycles. The number of carbonyl (C=O) groups is 2. The Bertz CT molecular complexity index is 645. The summed E-state index contributed by atoms with van der Waals surface area (Å²) in [7, 11) is 1.23. The van der Waals surface area contributed by atoms with Crippen LogP contribution in [0, 0.1) is 0 Å². The van der Waals surface area contributed by atoms with Crippen LogP contribution in [0.3, 0.4) is 0 Å². The molecular weight excluding hydrogens is 485 g/mol. The molecule has 1 amide bonds. The van der Waals surface area contributed by atoms with Gasteiger partial charge < -0.3 is 9.64 Å². The van der Waals surface area contributed by atoms with E-state index in [0.29, 0.717) is 6.54 Å². The van der Waals surface area contributed by atoms with Gasteiger partial charge in [0.2, 0.25) is 0 Å². The number of methoxy groups -OCH3 is 1. The minimum Gasteiger partial charge on any atom is -0.462 e. The van der Waals surface area contributed by atoms with E-state index in [9.17, 15) is 9.59 Å². The molecule has 0 fully saturated rings. The molecule has 2 rings (SSSR count). The summed E-state index contributed by atoms with van der Waals surface area (Å²) in [6, 6.07) is 9.95. The predicted octanol–water partition coefficient (Wildman–Crippen LogP) is 3.64. The van der Waals surface area contributed by atoms with E-state index in [-0.39, 0.29) is 9.97 Å². The second-order valence-electron chi connectivity index (χ2n) is 5.42. The third-order valence-corrected chi connectivity index (χ3v) is 5.41. The molecule has 0 aliphatic heterocycles. The largest absolute Gasteiger partial charge is 0.462 e. The summed E-state index contributed by atoms with van der Waals surface area (Å²) in [5.74, 6) is -1.41. The summed E-state index contributed by atoms with van der Waals surface area (Å²) in [6.07, 6.45) is 7.53. The van der Waals surface area contributed by atoms with E-state index in [2.05, 4.69) is 55.4 Å². The minimum absolute atomic E-state index is 0.0901. The van der Waals surface area contributed by atoms with Crippen LogP contribution in [0.15, 0.2) is 53.0 Å². The van der Waals surface area contributed by atoms with E-state index < -0.39 is 11.9 Å². The Morgan fingerprint density at radius 1 is 1.29 bits per heavy atom. The summed E-state index contributed by atoms with van der Waals surface area (Å²) >= 11 is 5.72. The fourth-order valence-corrected chi connectivity index (χ4v) is 4.51. The third-order valence-electron chi connectivity index (χ3n) is 3.79. The second kappa shape index (κ2) is 9.36. The Balaban J connectivity index is 2.07. The lowest BCUT2D eigenvalue weighted by Gasteiger charge is -2.32. The normalized spacial score (nSPS) is 19.5. The molecule has 2 atom stereocenters. The summed E-state index contributed by atoms with van der Waals surface area (Å²) in [5.41, 5.74) is 1.22. The number of hydrogen-bond acceptors (Lipinski definition) is 3. The number of rotatable bonds is 5. The summed E-state index contributed by atoms with van der Waals surface area (Å²) in [6.45, 7) is 0.503. The van der Waals surface area contributed by atoms with Gasteiger partial charge in [0.25, 0.3) is 0 Å². The highest BCUT2D eigenvalue weighted by molar-refractivity contribution is 14.1. The maximum atomic E-state index is 12.4. The minimum atomic E-state index is -0.819. The van der Waals surface area contributed by atoms with Crippen LogP contribution in [0.1, 0.15) is 12.0 Å². The fourth-order valence-electron chi connectivity index (χ4n) is 2.57. The standard InChI is InChI=1S/C18H19BrINO3/c1-24-18(23)17(22)21(16-10-9-14(19)12-15(16)20)11-5-8-13-6-3-2-4-7-13/h2-4,6-7,9-10,12,15-16H,5,8,11H2,1H3/t15-,16?/m0/s1. The van der Waals surface area contributed by atoms with Gasteiger partial charge in [-0.15, -0.1) is 0 Å². The zero-order chi connectivity index (χ0) is 17.5. The number of aryl methyl sites for hydroxylation is 1. The van der Waals surface area contributed by atoms with Gasteiger partial charge >= 0.3 is 11.9 Å². The van der Waals surface area contributed by atoms with Crippen LogP contribution < -0.4 is 0 Å². The van der Waals surface area contributed by atoms with E-state index in [0.717, 1.165) is 17.3 Å². The quantitative estimate of drug-likeness (QED) is 0.267. The van der Waals surface area contributed by atoms with Crippen molar-refractivity contribution < 1.29 is 14.3 Å². The van der Waals surface area contributed by atoms with E-state index in [1.807, 2.05) is 36.4 Å². The van der Waals surface area contributed by atoms with Crippen molar-refractivity contribution in [1.29, 1.82) is 0 Å². The van der Waals surface area contributed by atoms with Crippen molar-refractivity contribution in [3.63, 3.8) is 0 Å². The van der Waals surface area contributed by atoms with Gasteiger partial charge in [-0.2, -0.15) is 0 Å². The van der Waals surface area contributed by atoms with Crippen molar-refractivity contribution in [2.24, 2.45) is 0 Å². The van der Waals surface area contributed by atoms with Crippen molar-refractivity contribution in [2.75, 3.05) is 13.7 Å². The van der Waals surface area contributed by atoms with Crippen LogP contribution in [0.25, 0.3) is 0 Å². The number of esters is 1. The van der Waals surface area contributed by atoms with E-state index in [1.54, 1.807) is 4.90 Å². The summed E-state index contributed by atoms with van der Waals surface area (Å²) in [5, 5.41) is 0. The average Bonchev–Trinajstić information content (AvgIpc) is 2.59. The highest BCUT2D eigenvalue weighted by atomic mass is 127. The van der Waals surface area contributed by atoms with Gasteiger partial charge in [-0.25, -0.2) is 4.79 Å². The van der Waals surface area contributed by atoms with Gasteiger partial charge in [-0.05, 0) is 18.4 Å². The van der Waals surface area contributed by atoms with Crippen molar-refractivity contribution in [1.82, 2.24) is 4.90 Å². The number of carbonyl (C=O) groups excluding carboxylic acids is 2. The van der Waals surface area contributed by atoms with Crippen molar-refractivity contribution in [2.45, 2.75) is 22.8 Å². The smallest absolute Gasteiger partial charge is 0.396 e. The van der Waals surface area contributed by atoms with Crippen molar-refractivity contribution in [3.05, 3.63) is 58.6 Å². The number of benzene rings is 1. The zero-order valence-corrected chi connectivity index (χ0v) is 17.1. The molecule has 1 unspecified atom stereocenters. The lowest BCUT2D eigenvalue weighted by molar-refractivity contribution is -0.158. The monoisotopic (exact) mass is 503 g/mol. The van der Waals surface area contributed by atoms with E-state index in [1.165, 1.54) is 12.7 Å². The van der Waals surface area contributed by atoms with Gasteiger partial charge in [-0.1, -0.05) is 87.1 Å². The van der Waals surface area contributed by atoms with Crippen LogP contribution in [-0.2, 0) is 20.7 Å². The number of allylic oxidation sites excluding steroid dienone is 2. The zero-order valence-electron chi connectivity index (χ0n) is 13.3. The molecule has 0 bridgehead atoms. The predicted molar refractivity (Wildman–Crippen MR) is 106 cm³/mol. The van der Waals surface area contributed by atoms with Crippen LogP contribution in [0.2, 0.25) is 0 Å². The number of amides is 1. The first kappa shape index (κ1) is 19.2.